The molecule has 0 amide bonds. The van der Waals surface area contributed by atoms with Crippen molar-refractivity contribution in [2.45, 2.75) is 25.2 Å². The largest absolute Gasteiger partial charge is 0.479 e. The number of fused-ring (bicyclic) bond motifs is 1. The van der Waals surface area contributed by atoms with Crippen molar-refractivity contribution in [1.82, 2.24) is 4.98 Å². The lowest BCUT2D eigenvalue weighted by Gasteiger charge is -2.26. The number of nitrogens with zero attached hydrogens (tertiary/aromatic N) is 2. The lowest BCUT2D eigenvalue weighted by atomic mass is 10.1. The van der Waals surface area contributed by atoms with E-state index in [-0.39, 0.29) is 5.88 Å². The van der Waals surface area contributed by atoms with Gasteiger partial charge in [-0.3, -0.25) is 4.84 Å². The van der Waals surface area contributed by atoms with Crippen molar-refractivity contribution in [2.75, 3.05) is 11.7 Å². The van der Waals surface area contributed by atoms with Gasteiger partial charge in [-0.15, -0.1) is 0 Å². The molecule has 2 atom stereocenters. The predicted molar refractivity (Wildman–Crippen MR) is 84.6 cm³/mol. The molecule has 2 heterocycles. The highest BCUT2D eigenvalue weighted by Crippen LogP contribution is 2.42. The van der Waals surface area contributed by atoms with E-state index < -0.39 is 30.9 Å². The van der Waals surface area contributed by atoms with E-state index in [1.54, 1.807) is 37.3 Å². The minimum absolute atomic E-state index is 0.149. The number of alkyl halides is 3. The summed E-state index contributed by atoms with van der Waals surface area (Å²) in [6, 6.07) is 9.37. The summed E-state index contributed by atoms with van der Waals surface area (Å²) >= 11 is 0. The number of pyridine rings is 1. The van der Waals surface area contributed by atoms with Crippen LogP contribution in [-0.4, -0.2) is 28.8 Å². The molecular weight excluding hydrogens is 353 g/mol. The number of para-hydroxylation sites is 1. The number of ether oxygens (including phenoxy) is 1. The van der Waals surface area contributed by atoms with E-state index >= 15 is 0 Å². The Labute approximate surface area is 146 Å². The molecule has 6 nitrogen and oxygen atoms in total. The molecule has 0 aliphatic carbocycles. The average molecular weight is 368 g/mol. The summed E-state index contributed by atoms with van der Waals surface area (Å²) in [4.78, 5) is 20.8. The summed E-state index contributed by atoms with van der Waals surface area (Å²) in [5.74, 6) is -1.26. The molecule has 1 aliphatic rings. The highest BCUT2D eigenvalue weighted by atomic mass is 19.4. The van der Waals surface area contributed by atoms with Crippen molar-refractivity contribution in [3.8, 4) is 5.88 Å². The molecule has 1 aromatic carbocycles. The van der Waals surface area contributed by atoms with Crippen molar-refractivity contribution in [3.63, 3.8) is 0 Å². The second-order valence-electron chi connectivity index (χ2n) is 5.72. The SMILES string of the molecule is CC(c1ccc(OCC(F)(F)F)nc1)N1OC(C(=O)O)c2ccccc21. The Kier molecular flexibility index (Phi) is 4.73. The standard InChI is InChI=1S/C17H15F3N2O4/c1-10(11-6-7-14(21-8-11)25-9-17(18,19)20)22-13-5-3-2-4-12(13)15(26-22)16(23)24/h2-8,10,15H,9H2,1H3,(H,23,24). The molecular formula is C17H15F3N2O4. The predicted octanol–water partition coefficient (Wildman–Crippen LogP) is 3.66. The van der Waals surface area contributed by atoms with Crippen molar-refractivity contribution < 1.29 is 32.6 Å². The number of carboxylic acids is 1. The van der Waals surface area contributed by atoms with E-state index in [0.717, 1.165) is 0 Å². The number of halogens is 3. The number of carboxylic acid groups (broad SMARTS) is 1. The summed E-state index contributed by atoms with van der Waals surface area (Å²) < 4.78 is 41.1. The fourth-order valence-electron chi connectivity index (χ4n) is 2.63. The van der Waals surface area contributed by atoms with E-state index in [9.17, 15) is 23.1 Å². The Morgan fingerprint density at radius 1 is 1.35 bits per heavy atom. The zero-order chi connectivity index (χ0) is 18.9. The molecule has 2 unspecified atom stereocenters. The quantitative estimate of drug-likeness (QED) is 0.868. The third-order valence-electron chi connectivity index (χ3n) is 3.88. The van der Waals surface area contributed by atoms with Crippen molar-refractivity contribution in [2.24, 2.45) is 0 Å². The van der Waals surface area contributed by atoms with Gasteiger partial charge in [-0.1, -0.05) is 18.2 Å². The van der Waals surface area contributed by atoms with Crippen molar-refractivity contribution in [3.05, 3.63) is 53.7 Å². The molecule has 26 heavy (non-hydrogen) atoms. The number of hydroxylamine groups is 1. The molecule has 1 aliphatic heterocycles. The number of benzene rings is 1. The highest BCUT2D eigenvalue weighted by molar-refractivity contribution is 5.79. The van der Waals surface area contributed by atoms with Gasteiger partial charge in [0.25, 0.3) is 0 Å². The van der Waals surface area contributed by atoms with E-state index in [4.69, 9.17) is 4.84 Å². The number of hydrogen-bond donors (Lipinski definition) is 1. The van der Waals surface area contributed by atoms with Gasteiger partial charge in [-0.2, -0.15) is 13.2 Å². The van der Waals surface area contributed by atoms with E-state index in [1.165, 1.54) is 17.3 Å². The maximum atomic E-state index is 12.2. The lowest BCUT2D eigenvalue weighted by Crippen LogP contribution is -2.25. The Bertz CT molecular complexity index is 795. The van der Waals surface area contributed by atoms with Crippen LogP contribution in [0.4, 0.5) is 18.9 Å². The average Bonchev–Trinajstić information content (AvgIpc) is 2.99. The van der Waals surface area contributed by atoms with Gasteiger partial charge in [0.15, 0.2) is 6.61 Å². The third kappa shape index (κ3) is 3.72. The van der Waals surface area contributed by atoms with Gasteiger partial charge in [0.1, 0.15) is 0 Å². The van der Waals surface area contributed by atoms with Crippen LogP contribution in [0.25, 0.3) is 0 Å². The van der Waals surface area contributed by atoms with Crippen LogP contribution in [0, 0.1) is 0 Å². The second-order valence-corrected chi connectivity index (χ2v) is 5.72. The molecule has 0 saturated heterocycles. The summed E-state index contributed by atoms with van der Waals surface area (Å²) in [6.07, 6.45) is -4.18. The number of carbonyl (C=O) groups is 1. The molecule has 0 bridgehead atoms. The fourth-order valence-corrected chi connectivity index (χ4v) is 2.63. The van der Waals surface area contributed by atoms with E-state index in [2.05, 4.69) is 9.72 Å². The van der Waals surface area contributed by atoms with Crippen LogP contribution >= 0.6 is 0 Å². The lowest BCUT2D eigenvalue weighted by molar-refractivity contribution is -0.154. The van der Waals surface area contributed by atoms with Crippen LogP contribution in [0.15, 0.2) is 42.6 Å². The van der Waals surface area contributed by atoms with Crippen molar-refractivity contribution in [1.29, 1.82) is 0 Å². The molecule has 1 N–H and O–H groups in total. The number of hydrogen-bond acceptors (Lipinski definition) is 5. The van der Waals surface area contributed by atoms with Gasteiger partial charge in [-0.05, 0) is 24.6 Å². The van der Waals surface area contributed by atoms with Crippen LogP contribution in [0.2, 0.25) is 0 Å². The topological polar surface area (TPSA) is 71.9 Å². The molecule has 3 rings (SSSR count). The van der Waals surface area contributed by atoms with Gasteiger partial charge in [-0.25, -0.2) is 14.8 Å². The third-order valence-corrected chi connectivity index (χ3v) is 3.88. The summed E-state index contributed by atoms with van der Waals surface area (Å²) in [5.41, 5.74) is 1.78. The Morgan fingerprint density at radius 2 is 2.08 bits per heavy atom. The van der Waals surface area contributed by atoms with E-state index in [1.807, 2.05) is 0 Å². The molecule has 0 spiro atoms. The highest BCUT2D eigenvalue weighted by Gasteiger charge is 2.37. The molecule has 2 aromatic rings. The number of aromatic nitrogens is 1. The molecule has 0 fully saturated rings. The number of rotatable bonds is 5. The summed E-state index contributed by atoms with van der Waals surface area (Å²) in [6.45, 7) is 0.353. The molecule has 1 aromatic heterocycles. The first kappa shape index (κ1) is 18.0. The van der Waals surface area contributed by atoms with Gasteiger partial charge in [0, 0.05) is 17.8 Å². The zero-order valence-corrected chi connectivity index (χ0v) is 13.6. The Balaban J connectivity index is 1.77. The number of aliphatic carboxylic acids is 1. The van der Waals surface area contributed by atoms with Gasteiger partial charge in [0.05, 0.1) is 11.7 Å². The fraction of sp³-hybridized carbons (Fsp3) is 0.294. The maximum Gasteiger partial charge on any atom is 0.422 e. The van der Waals surface area contributed by atoms with Crippen LogP contribution in [0.1, 0.15) is 30.2 Å². The second kappa shape index (κ2) is 6.83. The normalized spacial score (nSPS) is 17.7. The zero-order valence-electron chi connectivity index (χ0n) is 13.6. The first-order valence-electron chi connectivity index (χ1n) is 7.69. The Hall–Kier alpha value is -2.81. The Morgan fingerprint density at radius 3 is 2.69 bits per heavy atom. The van der Waals surface area contributed by atoms with Gasteiger partial charge >= 0.3 is 12.1 Å². The van der Waals surface area contributed by atoms with Gasteiger partial charge in [0.2, 0.25) is 12.0 Å². The van der Waals surface area contributed by atoms with Gasteiger partial charge < -0.3 is 9.84 Å². The number of anilines is 1. The smallest absolute Gasteiger partial charge is 0.422 e. The van der Waals surface area contributed by atoms with Crippen LogP contribution in [0.3, 0.4) is 0 Å². The molecule has 138 valence electrons. The first-order chi connectivity index (χ1) is 12.3. The molecule has 9 heteroatoms. The minimum Gasteiger partial charge on any atom is -0.479 e. The van der Waals surface area contributed by atoms with E-state index in [0.29, 0.717) is 16.8 Å². The minimum atomic E-state index is -4.44. The van der Waals surface area contributed by atoms with Crippen LogP contribution < -0.4 is 9.80 Å². The molecule has 0 saturated carbocycles. The first-order valence-corrected chi connectivity index (χ1v) is 7.69. The molecule has 0 radical (unpaired) electrons. The maximum absolute atomic E-state index is 12.2. The van der Waals surface area contributed by atoms with Crippen LogP contribution in [-0.2, 0) is 9.63 Å². The summed E-state index contributed by atoms with van der Waals surface area (Å²) in [7, 11) is 0. The summed E-state index contributed by atoms with van der Waals surface area (Å²) in [5, 5.41) is 10.8. The van der Waals surface area contributed by atoms with Crippen LogP contribution in [0.5, 0.6) is 5.88 Å². The monoisotopic (exact) mass is 368 g/mol. The van der Waals surface area contributed by atoms with Crippen molar-refractivity contribution >= 4 is 11.7 Å².